The summed E-state index contributed by atoms with van der Waals surface area (Å²) in [6.45, 7) is 2.93. The zero-order chi connectivity index (χ0) is 20.6. The number of morpholine rings is 1. The normalized spacial score (nSPS) is 15.5. The summed E-state index contributed by atoms with van der Waals surface area (Å²) >= 11 is 0. The zero-order valence-corrected chi connectivity index (χ0v) is 16.5. The molecule has 1 aliphatic heterocycles. The summed E-state index contributed by atoms with van der Waals surface area (Å²) in [4.78, 5) is 12.8. The van der Waals surface area contributed by atoms with Crippen LogP contribution in [0.2, 0.25) is 0 Å². The number of benzene rings is 2. The van der Waals surface area contributed by atoms with Gasteiger partial charge in [-0.15, -0.1) is 0 Å². The number of fused-ring (bicyclic) bond motifs is 1. The quantitative estimate of drug-likeness (QED) is 0.703. The van der Waals surface area contributed by atoms with E-state index in [1.165, 1.54) is 34.6 Å². The number of anilines is 1. The van der Waals surface area contributed by atoms with Crippen LogP contribution in [0.5, 0.6) is 0 Å². The van der Waals surface area contributed by atoms with Gasteiger partial charge in [-0.25, -0.2) is 12.8 Å². The number of nitrogens with zero attached hydrogens (tertiary/aromatic N) is 1. The predicted molar refractivity (Wildman–Crippen MR) is 105 cm³/mol. The first-order valence-corrected chi connectivity index (χ1v) is 10.5. The first-order chi connectivity index (χ1) is 13.9. The molecule has 0 bridgehead atoms. The minimum Gasteiger partial charge on any atom is -0.451 e. The molecule has 0 radical (unpaired) electrons. The second-order valence-electron chi connectivity index (χ2n) is 6.70. The van der Waals surface area contributed by atoms with E-state index in [0.29, 0.717) is 35.4 Å². The SMILES string of the molecule is Cc1c(C(=O)Nc2cccc(S(=O)(=O)N3CCOCC3)c2)oc2ccc(F)cc12. The predicted octanol–water partition coefficient (Wildman–Crippen LogP) is 3.15. The van der Waals surface area contributed by atoms with Gasteiger partial charge in [0.25, 0.3) is 5.91 Å². The minimum absolute atomic E-state index is 0.0482. The molecule has 1 aromatic heterocycles. The van der Waals surface area contributed by atoms with Crippen molar-refractivity contribution in [1.82, 2.24) is 4.31 Å². The van der Waals surface area contributed by atoms with Crippen molar-refractivity contribution < 1.29 is 26.8 Å². The lowest BCUT2D eigenvalue weighted by Crippen LogP contribution is -2.40. The molecule has 0 aliphatic carbocycles. The molecule has 1 N–H and O–H groups in total. The standard InChI is InChI=1S/C20H19FN2O5S/c1-13-17-11-14(21)5-6-18(17)28-19(13)20(24)22-15-3-2-4-16(12-15)29(25,26)23-7-9-27-10-8-23/h2-6,11-12H,7-10H2,1H3,(H,22,24). The molecule has 1 aliphatic rings. The van der Waals surface area contributed by atoms with Gasteiger partial charge in [-0.2, -0.15) is 4.31 Å². The fraction of sp³-hybridized carbons (Fsp3) is 0.250. The molecule has 3 aromatic rings. The van der Waals surface area contributed by atoms with E-state index >= 15 is 0 Å². The van der Waals surface area contributed by atoms with Gasteiger partial charge in [-0.05, 0) is 43.3 Å². The van der Waals surface area contributed by atoms with E-state index < -0.39 is 21.7 Å². The van der Waals surface area contributed by atoms with Gasteiger partial charge in [0, 0.05) is 29.7 Å². The Morgan fingerprint density at radius 3 is 2.66 bits per heavy atom. The van der Waals surface area contributed by atoms with E-state index in [1.807, 2.05) is 0 Å². The Morgan fingerprint density at radius 2 is 1.90 bits per heavy atom. The van der Waals surface area contributed by atoms with Gasteiger partial charge in [-0.1, -0.05) is 6.07 Å². The summed E-state index contributed by atoms with van der Waals surface area (Å²) in [5.74, 6) is -0.915. The van der Waals surface area contributed by atoms with Crippen molar-refractivity contribution in [3.8, 4) is 0 Å². The lowest BCUT2D eigenvalue weighted by atomic mass is 10.1. The third-order valence-corrected chi connectivity index (χ3v) is 6.70. The average molecular weight is 418 g/mol. The second kappa shape index (κ2) is 7.58. The molecule has 9 heteroatoms. The van der Waals surface area contributed by atoms with Gasteiger partial charge in [0.1, 0.15) is 11.4 Å². The molecule has 1 fully saturated rings. The Balaban J connectivity index is 1.60. The van der Waals surface area contributed by atoms with Crippen LogP contribution in [0.1, 0.15) is 16.1 Å². The first kappa shape index (κ1) is 19.6. The van der Waals surface area contributed by atoms with Crippen molar-refractivity contribution >= 4 is 32.6 Å². The largest absolute Gasteiger partial charge is 0.451 e. The minimum atomic E-state index is -3.68. The van der Waals surface area contributed by atoms with Gasteiger partial charge in [0.15, 0.2) is 5.76 Å². The van der Waals surface area contributed by atoms with Gasteiger partial charge >= 0.3 is 0 Å². The fourth-order valence-electron chi connectivity index (χ4n) is 3.27. The summed E-state index contributed by atoms with van der Waals surface area (Å²) in [5.41, 5.74) is 1.22. The maximum absolute atomic E-state index is 13.5. The highest BCUT2D eigenvalue weighted by atomic mass is 32.2. The van der Waals surface area contributed by atoms with E-state index in [0.717, 1.165) is 0 Å². The number of nitrogens with one attached hydrogen (secondary N) is 1. The zero-order valence-electron chi connectivity index (χ0n) is 15.6. The highest BCUT2D eigenvalue weighted by Crippen LogP contribution is 2.27. The molecule has 0 atom stereocenters. The van der Waals surface area contributed by atoms with E-state index in [9.17, 15) is 17.6 Å². The monoisotopic (exact) mass is 418 g/mol. The Hall–Kier alpha value is -2.75. The number of sulfonamides is 1. The lowest BCUT2D eigenvalue weighted by Gasteiger charge is -2.26. The van der Waals surface area contributed by atoms with E-state index in [4.69, 9.17) is 9.15 Å². The number of carbonyl (C=O) groups is 1. The van der Waals surface area contributed by atoms with E-state index in [-0.39, 0.29) is 23.7 Å². The fourth-order valence-corrected chi connectivity index (χ4v) is 4.72. The molecular weight excluding hydrogens is 399 g/mol. The molecule has 0 unspecified atom stereocenters. The maximum Gasteiger partial charge on any atom is 0.291 e. The molecule has 1 saturated heterocycles. The molecule has 7 nitrogen and oxygen atoms in total. The molecule has 1 amide bonds. The van der Waals surface area contributed by atoms with Gasteiger partial charge in [0.05, 0.1) is 18.1 Å². The Morgan fingerprint density at radius 1 is 1.14 bits per heavy atom. The Bertz CT molecular complexity index is 1180. The van der Waals surface area contributed by atoms with Crippen molar-refractivity contribution in [2.24, 2.45) is 0 Å². The summed E-state index contributed by atoms with van der Waals surface area (Å²) in [6, 6.07) is 10.1. The Kier molecular flexibility index (Phi) is 5.12. The van der Waals surface area contributed by atoms with Crippen molar-refractivity contribution in [3.63, 3.8) is 0 Å². The van der Waals surface area contributed by atoms with Crippen LogP contribution in [0.3, 0.4) is 0 Å². The van der Waals surface area contributed by atoms with Crippen LogP contribution in [0.4, 0.5) is 10.1 Å². The first-order valence-electron chi connectivity index (χ1n) is 9.04. The Labute approximate surface area is 167 Å². The molecule has 0 saturated carbocycles. The van der Waals surface area contributed by atoms with Crippen LogP contribution in [0.25, 0.3) is 11.0 Å². The number of carbonyl (C=O) groups excluding carboxylic acids is 1. The number of aryl methyl sites for hydroxylation is 1. The highest BCUT2D eigenvalue weighted by Gasteiger charge is 2.27. The average Bonchev–Trinajstić information content (AvgIpc) is 3.05. The van der Waals surface area contributed by atoms with E-state index in [2.05, 4.69) is 5.32 Å². The van der Waals surface area contributed by atoms with Crippen LogP contribution in [-0.4, -0.2) is 44.9 Å². The van der Waals surface area contributed by atoms with Crippen molar-refractivity contribution in [1.29, 1.82) is 0 Å². The topological polar surface area (TPSA) is 88.9 Å². The molecule has 2 aromatic carbocycles. The van der Waals surface area contributed by atoms with E-state index in [1.54, 1.807) is 19.1 Å². The molecule has 152 valence electrons. The molecule has 4 rings (SSSR count). The number of ether oxygens (including phenoxy) is 1. The van der Waals surface area contributed by atoms with Crippen LogP contribution in [0.15, 0.2) is 51.8 Å². The van der Waals surface area contributed by atoms with Crippen LogP contribution >= 0.6 is 0 Å². The molecule has 2 heterocycles. The number of rotatable bonds is 4. The van der Waals surface area contributed by atoms with Crippen molar-refractivity contribution in [2.75, 3.05) is 31.6 Å². The molecule has 29 heavy (non-hydrogen) atoms. The number of furan rings is 1. The van der Waals surface area contributed by atoms with Gasteiger partial charge in [0.2, 0.25) is 10.0 Å². The molecular formula is C20H19FN2O5S. The third kappa shape index (κ3) is 3.76. The summed E-state index contributed by atoms with van der Waals surface area (Å²) in [5, 5.41) is 3.17. The maximum atomic E-state index is 13.5. The number of hydrogen-bond acceptors (Lipinski definition) is 5. The number of halogens is 1. The number of hydrogen-bond donors (Lipinski definition) is 1. The van der Waals surface area contributed by atoms with Gasteiger partial charge < -0.3 is 14.5 Å². The smallest absolute Gasteiger partial charge is 0.291 e. The lowest BCUT2D eigenvalue weighted by molar-refractivity contribution is 0.0730. The second-order valence-corrected chi connectivity index (χ2v) is 8.63. The molecule has 0 spiro atoms. The third-order valence-electron chi connectivity index (χ3n) is 4.80. The van der Waals surface area contributed by atoms with Crippen molar-refractivity contribution in [3.05, 3.63) is 59.6 Å². The highest BCUT2D eigenvalue weighted by molar-refractivity contribution is 7.89. The van der Waals surface area contributed by atoms with Crippen LogP contribution in [0, 0.1) is 12.7 Å². The number of amides is 1. The summed E-state index contributed by atoms with van der Waals surface area (Å²) in [7, 11) is -3.68. The van der Waals surface area contributed by atoms with Crippen LogP contribution < -0.4 is 5.32 Å². The van der Waals surface area contributed by atoms with Crippen LogP contribution in [-0.2, 0) is 14.8 Å². The van der Waals surface area contributed by atoms with Crippen molar-refractivity contribution in [2.45, 2.75) is 11.8 Å². The summed E-state index contributed by atoms with van der Waals surface area (Å²) in [6.07, 6.45) is 0. The van der Waals surface area contributed by atoms with Gasteiger partial charge in [-0.3, -0.25) is 4.79 Å². The summed E-state index contributed by atoms with van der Waals surface area (Å²) < 4.78 is 51.2.